The summed E-state index contributed by atoms with van der Waals surface area (Å²) in [6.45, 7) is 0.0585. The maximum absolute atomic E-state index is 13.0. The number of halogens is 4. The maximum Gasteiger partial charge on any atom is 0.416 e. The van der Waals surface area contributed by atoms with E-state index in [0.29, 0.717) is 23.4 Å². The van der Waals surface area contributed by atoms with Gasteiger partial charge in [0, 0.05) is 13.2 Å². The van der Waals surface area contributed by atoms with E-state index in [0.717, 1.165) is 44.1 Å². The molecule has 1 aliphatic carbocycles. The second-order valence-corrected chi connectivity index (χ2v) is 9.58. The Morgan fingerprint density at radius 3 is 2.53 bits per heavy atom. The average Bonchev–Trinajstić information content (AvgIpc) is 2.65. The van der Waals surface area contributed by atoms with Crippen molar-refractivity contribution in [2.24, 2.45) is 0 Å². The second-order valence-electron chi connectivity index (χ2n) is 7.27. The minimum Gasteiger partial charge on any atom is -0.378 e. The van der Waals surface area contributed by atoms with E-state index < -0.39 is 39.9 Å². The summed E-state index contributed by atoms with van der Waals surface area (Å²) < 4.78 is 69.5. The van der Waals surface area contributed by atoms with Crippen LogP contribution in [0.15, 0.2) is 18.2 Å². The standard InChI is InChI=1S/C19H26ClF3N2O4S/c1-30(27,28)25(17-12-14(19(21,22)23)8-9-16(17)20)13-18(26)24-10-5-11-29-15-6-3-2-4-7-15/h8-9,12,15H,2-7,10-11,13H2,1H3,(H,24,26). The van der Waals surface area contributed by atoms with E-state index in [4.69, 9.17) is 16.3 Å². The van der Waals surface area contributed by atoms with E-state index >= 15 is 0 Å². The Labute approximate surface area is 179 Å². The van der Waals surface area contributed by atoms with Gasteiger partial charge < -0.3 is 10.1 Å². The van der Waals surface area contributed by atoms with Gasteiger partial charge >= 0.3 is 6.18 Å². The van der Waals surface area contributed by atoms with Gasteiger partial charge in [-0.25, -0.2) is 8.42 Å². The molecular formula is C19H26ClF3N2O4S. The Bertz CT molecular complexity index is 828. The summed E-state index contributed by atoms with van der Waals surface area (Å²) in [5.74, 6) is -0.647. The van der Waals surface area contributed by atoms with Crippen molar-refractivity contribution < 1.29 is 31.1 Å². The van der Waals surface area contributed by atoms with Gasteiger partial charge in [-0.15, -0.1) is 0 Å². The predicted molar refractivity (Wildman–Crippen MR) is 109 cm³/mol. The Morgan fingerprint density at radius 2 is 1.93 bits per heavy atom. The van der Waals surface area contributed by atoms with E-state index in [9.17, 15) is 26.4 Å². The number of nitrogens with zero attached hydrogens (tertiary/aromatic N) is 1. The summed E-state index contributed by atoms with van der Waals surface area (Å²) in [5, 5.41) is 2.36. The third kappa shape index (κ3) is 7.63. The SMILES string of the molecule is CS(=O)(=O)N(CC(=O)NCCCOC1CCCCC1)c1cc(C(F)(F)F)ccc1Cl. The van der Waals surface area contributed by atoms with Crippen LogP contribution in [-0.2, 0) is 25.7 Å². The van der Waals surface area contributed by atoms with E-state index in [2.05, 4.69) is 5.32 Å². The number of anilines is 1. The highest BCUT2D eigenvalue weighted by atomic mass is 35.5. The molecule has 170 valence electrons. The zero-order chi connectivity index (χ0) is 22.4. The number of carbonyl (C=O) groups is 1. The molecule has 11 heteroatoms. The van der Waals surface area contributed by atoms with Gasteiger partial charge in [0.25, 0.3) is 0 Å². The number of nitrogens with one attached hydrogen (secondary N) is 1. The first-order valence-corrected chi connectivity index (χ1v) is 11.9. The van der Waals surface area contributed by atoms with Crippen molar-refractivity contribution in [2.75, 3.05) is 30.3 Å². The van der Waals surface area contributed by atoms with E-state index in [1.807, 2.05) is 0 Å². The summed E-state index contributed by atoms with van der Waals surface area (Å²) in [4.78, 5) is 12.2. The first-order valence-electron chi connectivity index (χ1n) is 9.71. The van der Waals surface area contributed by atoms with Crippen LogP contribution in [0.5, 0.6) is 0 Å². The largest absolute Gasteiger partial charge is 0.416 e. The Balaban J connectivity index is 1.94. The molecule has 0 aromatic heterocycles. The van der Waals surface area contributed by atoms with Gasteiger partial charge in [-0.2, -0.15) is 13.2 Å². The zero-order valence-electron chi connectivity index (χ0n) is 16.7. The van der Waals surface area contributed by atoms with Crippen LogP contribution in [0.3, 0.4) is 0 Å². The first-order chi connectivity index (χ1) is 14.0. The average molecular weight is 471 g/mol. The summed E-state index contributed by atoms with van der Waals surface area (Å²) in [7, 11) is -4.05. The third-order valence-corrected chi connectivity index (χ3v) is 6.22. The lowest BCUT2D eigenvalue weighted by Crippen LogP contribution is -2.41. The number of alkyl halides is 3. The number of amides is 1. The highest BCUT2D eigenvalue weighted by Crippen LogP contribution is 2.36. The number of hydrogen-bond donors (Lipinski definition) is 1. The van der Waals surface area contributed by atoms with Gasteiger partial charge in [-0.3, -0.25) is 9.10 Å². The second kappa shape index (κ2) is 10.7. The van der Waals surface area contributed by atoms with Crippen LogP contribution in [0.1, 0.15) is 44.1 Å². The zero-order valence-corrected chi connectivity index (χ0v) is 18.2. The van der Waals surface area contributed by atoms with Crippen LogP contribution in [0.4, 0.5) is 18.9 Å². The molecule has 0 unspecified atom stereocenters. The molecule has 1 aliphatic rings. The summed E-state index contributed by atoms with van der Waals surface area (Å²) >= 11 is 5.93. The molecule has 1 aromatic rings. The van der Waals surface area contributed by atoms with Gasteiger partial charge in [-0.05, 0) is 37.5 Å². The van der Waals surface area contributed by atoms with E-state index in [1.165, 1.54) is 6.42 Å². The normalized spacial score (nSPS) is 15.8. The van der Waals surface area contributed by atoms with Crippen LogP contribution in [0.2, 0.25) is 5.02 Å². The smallest absolute Gasteiger partial charge is 0.378 e. The van der Waals surface area contributed by atoms with Crippen molar-refractivity contribution in [1.82, 2.24) is 5.32 Å². The van der Waals surface area contributed by atoms with Crippen molar-refractivity contribution in [3.8, 4) is 0 Å². The van der Waals surface area contributed by atoms with E-state index in [1.54, 1.807) is 0 Å². The Morgan fingerprint density at radius 1 is 1.27 bits per heavy atom. The van der Waals surface area contributed by atoms with Gasteiger partial charge in [0.1, 0.15) is 6.54 Å². The molecule has 1 fully saturated rings. The molecule has 0 atom stereocenters. The van der Waals surface area contributed by atoms with Gasteiger partial charge in [-0.1, -0.05) is 30.9 Å². The number of hydrogen-bond acceptors (Lipinski definition) is 4. The summed E-state index contributed by atoms with van der Waals surface area (Å²) in [6, 6.07) is 2.33. The highest BCUT2D eigenvalue weighted by molar-refractivity contribution is 7.92. The van der Waals surface area contributed by atoms with Crippen LogP contribution < -0.4 is 9.62 Å². The fourth-order valence-electron chi connectivity index (χ4n) is 3.23. The lowest BCUT2D eigenvalue weighted by atomic mass is 9.98. The Hall–Kier alpha value is -1.52. The van der Waals surface area contributed by atoms with Gasteiger partial charge in [0.15, 0.2) is 0 Å². The third-order valence-electron chi connectivity index (χ3n) is 4.78. The minimum atomic E-state index is -4.68. The van der Waals surface area contributed by atoms with Crippen molar-refractivity contribution in [1.29, 1.82) is 0 Å². The molecule has 0 bridgehead atoms. The van der Waals surface area contributed by atoms with Crippen LogP contribution in [0, 0.1) is 0 Å². The lowest BCUT2D eigenvalue weighted by molar-refractivity contribution is -0.137. The molecular weight excluding hydrogens is 445 g/mol. The summed E-state index contributed by atoms with van der Waals surface area (Å²) in [6.07, 6.45) is 2.52. The number of ether oxygens (including phenoxy) is 1. The van der Waals surface area contributed by atoms with Crippen LogP contribution in [0.25, 0.3) is 0 Å². The Kier molecular flexibility index (Phi) is 8.81. The van der Waals surface area contributed by atoms with Crippen LogP contribution >= 0.6 is 11.6 Å². The quantitative estimate of drug-likeness (QED) is 0.554. The highest BCUT2D eigenvalue weighted by Gasteiger charge is 2.33. The molecule has 0 radical (unpaired) electrons. The fraction of sp³-hybridized carbons (Fsp3) is 0.632. The van der Waals surface area contributed by atoms with Crippen molar-refractivity contribution in [3.05, 3.63) is 28.8 Å². The molecule has 0 aliphatic heterocycles. The number of rotatable bonds is 9. The first kappa shape index (κ1) is 24.7. The molecule has 1 saturated carbocycles. The fourth-order valence-corrected chi connectivity index (χ4v) is 4.36. The number of carbonyl (C=O) groups excluding carboxylic acids is 1. The van der Waals surface area contributed by atoms with Gasteiger partial charge in [0.2, 0.25) is 15.9 Å². The van der Waals surface area contributed by atoms with Crippen molar-refractivity contribution in [2.45, 2.75) is 50.8 Å². The molecule has 30 heavy (non-hydrogen) atoms. The summed E-state index contributed by atoms with van der Waals surface area (Å²) in [5.41, 5.74) is -1.46. The van der Waals surface area contributed by atoms with Crippen molar-refractivity contribution >= 4 is 33.2 Å². The molecule has 1 amide bonds. The minimum absolute atomic E-state index is 0.206. The maximum atomic E-state index is 13.0. The molecule has 0 heterocycles. The molecule has 6 nitrogen and oxygen atoms in total. The lowest BCUT2D eigenvalue weighted by Gasteiger charge is -2.24. The molecule has 0 saturated heterocycles. The van der Waals surface area contributed by atoms with Crippen LogP contribution in [-0.4, -0.2) is 46.4 Å². The molecule has 1 N–H and O–H groups in total. The van der Waals surface area contributed by atoms with Crippen molar-refractivity contribution in [3.63, 3.8) is 0 Å². The molecule has 0 spiro atoms. The molecule has 1 aromatic carbocycles. The van der Waals surface area contributed by atoms with E-state index in [-0.39, 0.29) is 17.7 Å². The number of benzene rings is 1. The monoisotopic (exact) mass is 470 g/mol. The van der Waals surface area contributed by atoms with Gasteiger partial charge in [0.05, 0.1) is 28.6 Å². The predicted octanol–water partition coefficient (Wildman–Crippen LogP) is 3.98. The topological polar surface area (TPSA) is 75.7 Å². The number of sulfonamides is 1. The molecule has 2 rings (SSSR count).